The monoisotopic (exact) mass is 473 g/mol. The Hall–Kier alpha value is -1.61. The summed E-state index contributed by atoms with van der Waals surface area (Å²) in [7, 11) is -7.33. The van der Waals surface area contributed by atoms with Crippen LogP contribution in [0, 0.1) is 0 Å². The normalized spacial score (nSPS) is 12.5. The second-order valence-electron chi connectivity index (χ2n) is 6.36. The van der Waals surface area contributed by atoms with E-state index in [4.69, 9.17) is 31.4 Å². The lowest BCUT2D eigenvalue weighted by atomic mass is 10.1. The van der Waals surface area contributed by atoms with Gasteiger partial charge in [-0.1, -0.05) is 36.8 Å². The standard InChI is InChI=1S/C9H13N.C6H14N2O2.2CH4O3S/c1-8(10)7-9-5-3-2-4-6-9;7-4-2-1-3-5(8)6(9)10;2*1-5(2,3)4/h2-6,8H,7,10H2,1H3;5H,1-4,7-8H2,(H,9,10);2*1H3,(H,2,3,4). The van der Waals surface area contributed by atoms with Crippen molar-refractivity contribution in [3.63, 3.8) is 0 Å². The molecule has 0 saturated heterocycles. The first kappa shape index (κ1) is 33.0. The van der Waals surface area contributed by atoms with E-state index >= 15 is 0 Å². The van der Waals surface area contributed by atoms with Crippen molar-refractivity contribution >= 4 is 26.2 Å². The van der Waals surface area contributed by atoms with Crippen LogP contribution in [0.2, 0.25) is 0 Å². The zero-order valence-electron chi connectivity index (χ0n) is 17.5. The minimum absolute atomic E-state index is 0.266. The third kappa shape index (κ3) is 45.2. The Bertz CT molecular complexity index is 708. The van der Waals surface area contributed by atoms with Gasteiger partial charge in [-0.2, -0.15) is 16.8 Å². The molecule has 0 aliphatic heterocycles. The van der Waals surface area contributed by atoms with Gasteiger partial charge in [0.15, 0.2) is 0 Å². The van der Waals surface area contributed by atoms with Crippen LogP contribution in [-0.4, -0.2) is 68.2 Å². The Balaban J connectivity index is -0.000000343. The van der Waals surface area contributed by atoms with Crippen LogP contribution >= 0.6 is 0 Å². The fraction of sp³-hybridized carbons (Fsp3) is 0.588. The number of carboxylic acid groups (broad SMARTS) is 1. The van der Waals surface area contributed by atoms with Gasteiger partial charge in [-0.25, -0.2) is 0 Å². The summed E-state index contributed by atoms with van der Waals surface area (Å²) in [5.41, 5.74) is 17.4. The minimum atomic E-state index is -3.67. The van der Waals surface area contributed by atoms with Gasteiger partial charge in [0.05, 0.1) is 12.5 Å². The average Bonchev–Trinajstić information content (AvgIpc) is 2.52. The van der Waals surface area contributed by atoms with Crippen LogP contribution in [0.5, 0.6) is 0 Å². The number of carbonyl (C=O) groups is 1. The fourth-order valence-corrected chi connectivity index (χ4v) is 1.62. The van der Waals surface area contributed by atoms with Gasteiger partial charge >= 0.3 is 5.97 Å². The molecule has 2 unspecified atom stereocenters. The molecule has 0 aliphatic rings. The largest absolute Gasteiger partial charge is 0.480 e. The van der Waals surface area contributed by atoms with Crippen molar-refractivity contribution in [2.75, 3.05) is 19.1 Å². The lowest BCUT2D eigenvalue weighted by molar-refractivity contribution is -0.138. The first-order chi connectivity index (χ1) is 13.5. The summed E-state index contributed by atoms with van der Waals surface area (Å²) in [6, 6.07) is 9.85. The van der Waals surface area contributed by atoms with Gasteiger partial charge in [0.1, 0.15) is 6.04 Å². The van der Waals surface area contributed by atoms with Gasteiger partial charge in [0, 0.05) is 6.04 Å². The predicted molar refractivity (Wildman–Crippen MR) is 117 cm³/mol. The number of hydrogen-bond acceptors (Lipinski definition) is 8. The highest BCUT2D eigenvalue weighted by Crippen LogP contribution is 2.00. The molecule has 0 bridgehead atoms. The molecule has 0 aromatic heterocycles. The quantitative estimate of drug-likeness (QED) is 0.230. The van der Waals surface area contributed by atoms with E-state index in [2.05, 4.69) is 12.1 Å². The van der Waals surface area contributed by atoms with E-state index < -0.39 is 32.2 Å². The average molecular weight is 474 g/mol. The van der Waals surface area contributed by atoms with Crippen molar-refractivity contribution in [3.05, 3.63) is 35.9 Å². The SMILES string of the molecule is CC(N)Cc1ccccc1.CS(=O)(=O)O.CS(=O)(=O)O.NCCCCC(N)C(=O)O. The lowest BCUT2D eigenvalue weighted by Crippen LogP contribution is -2.29. The number of aliphatic carboxylic acids is 1. The Morgan fingerprint density at radius 2 is 1.37 bits per heavy atom. The highest BCUT2D eigenvalue weighted by atomic mass is 32.2. The van der Waals surface area contributed by atoms with E-state index in [1.165, 1.54) is 5.56 Å². The first-order valence-corrected chi connectivity index (χ1v) is 12.5. The Kier molecular flexibility index (Phi) is 20.0. The van der Waals surface area contributed by atoms with E-state index in [0.29, 0.717) is 25.5 Å². The summed E-state index contributed by atoms with van der Waals surface area (Å²) < 4.78 is 51.7. The molecule has 0 heterocycles. The molecule has 13 heteroatoms. The van der Waals surface area contributed by atoms with Crippen LogP contribution in [0.1, 0.15) is 31.7 Å². The molecular weight excluding hydrogens is 438 g/mol. The van der Waals surface area contributed by atoms with E-state index in [-0.39, 0.29) is 6.04 Å². The minimum Gasteiger partial charge on any atom is -0.480 e. The number of nitrogens with two attached hydrogens (primary N) is 3. The zero-order chi connectivity index (χ0) is 24.4. The maximum Gasteiger partial charge on any atom is 0.320 e. The molecule has 0 radical (unpaired) electrons. The van der Waals surface area contributed by atoms with E-state index in [0.717, 1.165) is 19.3 Å². The molecule has 178 valence electrons. The Morgan fingerprint density at radius 1 is 0.967 bits per heavy atom. The molecule has 0 spiro atoms. The number of unbranched alkanes of at least 4 members (excludes halogenated alkanes) is 1. The summed E-state index contributed by atoms with van der Waals surface area (Å²) in [6.07, 6.45) is 4.57. The fourth-order valence-electron chi connectivity index (χ4n) is 1.62. The molecular formula is C17H35N3O8S2. The van der Waals surface area contributed by atoms with Gasteiger partial charge in [0.25, 0.3) is 20.2 Å². The van der Waals surface area contributed by atoms with Gasteiger partial charge in [-0.05, 0) is 38.3 Å². The van der Waals surface area contributed by atoms with Crippen molar-refractivity contribution in [3.8, 4) is 0 Å². The Labute approximate surface area is 179 Å². The predicted octanol–water partition coefficient (Wildman–Crippen LogP) is 0.112. The molecule has 0 amide bonds. The lowest BCUT2D eigenvalue weighted by Gasteiger charge is -2.03. The third-order valence-corrected chi connectivity index (χ3v) is 2.69. The highest BCUT2D eigenvalue weighted by molar-refractivity contribution is 7.85. The number of rotatable bonds is 7. The number of hydrogen-bond donors (Lipinski definition) is 6. The molecule has 2 atom stereocenters. The van der Waals surface area contributed by atoms with Crippen LogP contribution in [0.25, 0.3) is 0 Å². The topological polar surface area (TPSA) is 224 Å². The summed E-state index contributed by atoms with van der Waals surface area (Å²) in [5, 5.41) is 8.33. The van der Waals surface area contributed by atoms with Crippen LogP contribution < -0.4 is 17.2 Å². The van der Waals surface area contributed by atoms with Crippen molar-refractivity contribution in [1.82, 2.24) is 0 Å². The van der Waals surface area contributed by atoms with Gasteiger partial charge in [-0.3, -0.25) is 13.9 Å². The second-order valence-corrected chi connectivity index (χ2v) is 9.29. The van der Waals surface area contributed by atoms with Crippen molar-refractivity contribution in [2.24, 2.45) is 17.2 Å². The van der Waals surface area contributed by atoms with Crippen LogP contribution in [0.4, 0.5) is 0 Å². The van der Waals surface area contributed by atoms with Crippen LogP contribution in [0.3, 0.4) is 0 Å². The zero-order valence-corrected chi connectivity index (χ0v) is 19.1. The molecule has 11 nitrogen and oxygen atoms in total. The van der Waals surface area contributed by atoms with Gasteiger partial charge in [-0.15, -0.1) is 0 Å². The van der Waals surface area contributed by atoms with Crippen LogP contribution in [-0.2, 0) is 31.5 Å². The molecule has 1 aromatic carbocycles. The summed E-state index contributed by atoms with van der Waals surface area (Å²) in [5.74, 6) is -0.933. The summed E-state index contributed by atoms with van der Waals surface area (Å²) >= 11 is 0. The molecule has 0 saturated carbocycles. The molecule has 1 rings (SSSR count). The maximum atomic E-state index is 10.1. The molecule has 0 aliphatic carbocycles. The van der Waals surface area contributed by atoms with E-state index in [1.807, 2.05) is 25.1 Å². The van der Waals surface area contributed by atoms with Gasteiger partial charge < -0.3 is 22.3 Å². The number of carboxylic acids is 1. The molecule has 9 N–H and O–H groups in total. The van der Waals surface area contributed by atoms with Crippen molar-refractivity contribution in [2.45, 2.75) is 44.7 Å². The molecule has 1 aromatic rings. The highest BCUT2D eigenvalue weighted by Gasteiger charge is 2.09. The summed E-state index contributed by atoms with van der Waals surface area (Å²) in [4.78, 5) is 10.1. The van der Waals surface area contributed by atoms with Crippen LogP contribution in [0.15, 0.2) is 30.3 Å². The van der Waals surface area contributed by atoms with Crippen molar-refractivity contribution in [1.29, 1.82) is 0 Å². The maximum absolute atomic E-state index is 10.1. The molecule has 0 fully saturated rings. The number of benzene rings is 1. The Morgan fingerprint density at radius 3 is 1.67 bits per heavy atom. The summed E-state index contributed by atoms with van der Waals surface area (Å²) in [6.45, 7) is 2.62. The van der Waals surface area contributed by atoms with E-state index in [9.17, 15) is 21.6 Å². The molecule has 30 heavy (non-hydrogen) atoms. The van der Waals surface area contributed by atoms with Crippen molar-refractivity contribution < 1.29 is 35.8 Å². The second kappa shape index (κ2) is 18.2. The van der Waals surface area contributed by atoms with Gasteiger partial charge in [0.2, 0.25) is 0 Å². The smallest absolute Gasteiger partial charge is 0.320 e. The third-order valence-electron chi connectivity index (χ3n) is 2.69. The van der Waals surface area contributed by atoms with E-state index in [1.54, 1.807) is 0 Å². The first-order valence-electron chi connectivity index (χ1n) is 8.80.